The average Bonchev–Trinajstić information content (AvgIpc) is 2.30. The van der Waals surface area contributed by atoms with E-state index < -0.39 is 9.69 Å². The number of aliphatic carboxylic acids is 1. The maximum atomic E-state index is 11.6. The van der Waals surface area contributed by atoms with Crippen LogP contribution in [-0.4, -0.2) is 11.1 Å². The van der Waals surface area contributed by atoms with Crippen molar-refractivity contribution in [1.29, 1.82) is 0 Å². The van der Waals surface area contributed by atoms with E-state index in [1.807, 2.05) is 27.4 Å². The van der Waals surface area contributed by atoms with Gasteiger partial charge in [0.05, 0.1) is 0 Å². The molecule has 0 rings (SSSR count). The molecule has 0 aliphatic rings. The van der Waals surface area contributed by atoms with Crippen LogP contribution in [0.15, 0.2) is 0 Å². The van der Waals surface area contributed by atoms with Gasteiger partial charge in [-0.25, -0.2) is 0 Å². The molecule has 0 fully saturated rings. The van der Waals surface area contributed by atoms with Crippen LogP contribution in [0.4, 0.5) is 0 Å². The normalized spacial score (nSPS) is 15.7. The van der Waals surface area contributed by atoms with Gasteiger partial charge in [-0.15, -0.1) is 0 Å². The zero-order chi connectivity index (χ0) is 12.8. The third kappa shape index (κ3) is 2.89. The zero-order valence-corrected chi connectivity index (χ0v) is 12.7. The van der Waals surface area contributed by atoms with Gasteiger partial charge in [-0.1, -0.05) is 0 Å². The Balaban J connectivity index is 5.19. The molecule has 0 aliphatic carbocycles. The number of carboxylic acid groups (broad SMARTS) is 1. The van der Waals surface area contributed by atoms with E-state index in [0.29, 0.717) is 6.42 Å². The molecule has 1 atom stereocenters. The molecular formula is C13H25O2Ti. The van der Waals surface area contributed by atoms with Gasteiger partial charge in [0.15, 0.2) is 0 Å². The van der Waals surface area contributed by atoms with Gasteiger partial charge in [-0.2, -0.15) is 0 Å². The van der Waals surface area contributed by atoms with Gasteiger partial charge in [0.1, 0.15) is 0 Å². The molecule has 0 saturated heterocycles. The number of hydrogen-bond acceptors (Lipinski definition) is 1. The molecule has 0 heterocycles. The minimum absolute atomic E-state index is 0.0381. The third-order valence-electron chi connectivity index (χ3n) is 4.16. The van der Waals surface area contributed by atoms with Crippen LogP contribution in [-0.2, 0) is 25.2 Å². The first-order valence-electron chi connectivity index (χ1n) is 6.42. The minimum atomic E-state index is -0.630. The molecule has 3 heteroatoms. The topological polar surface area (TPSA) is 37.3 Å². The van der Waals surface area contributed by atoms with Gasteiger partial charge in [0.2, 0.25) is 0 Å². The van der Waals surface area contributed by atoms with Crippen molar-refractivity contribution in [3.63, 3.8) is 0 Å². The number of carboxylic acids is 1. The van der Waals surface area contributed by atoms with Gasteiger partial charge >= 0.3 is 112 Å². The molecule has 0 spiro atoms. The van der Waals surface area contributed by atoms with E-state index in [4.69, 9.17) is 0 Å². The Morgan fingerprint density at radius 2 is 1.62 bits per heavy atom. The van der Waals surface area contributed by atoms with Gasteiger partial charge in [0.25, 0.3) is 0 Å². The van der Waals surface area contributed by atoms with Crippen molar-refractivity contribution in [2.75, 3.05) is 0 Å². The maximum absolute atomic E-state index is 11.6. The summed E-state index contributed by atoms with van der Waals surface area (Å²) in [6.07, 6.45) is 5.94. The Hall–Kier alpha value is 0.184. The van der Waals surface area contributed by atoms with Crippen LogP contribution in [0.3, 0.4) is 0 Å². The van der Waals surface area contributed by atoms with E-state index in [-0.39, 0.29) is 5.41 Å². The van der Waals surface area contributed by atoms with Gasteiger partial charge < -0.3 is 0 Å². The molecule has 0 amide bonds. The van der Waals surface area contributed by atoms with E-state index in [9.17, 15) is 9.90 Å². The molecule has 0 aliphatic heterocycles. The summed E-state index contributed by atoms with van der Waals surface area (Å²) < 4.78 is -0.578. The molecule has 0 saturated carbocycles. The molecule has 0 aromatic rings. The van der Waals surface area contributed by atoms with E-state index in [1.165, 1.54) is 0 Å². The number of carbonyl (C=O) groups is 1. The summed E-state index contributed by atoms with van der Waals surface area (Å²) in [6.45, 7) is 8.44. The first kappa shape index (κ1) is 16.2. The molecular weight excluding hydrogens is 236 g/mol. The van der Waals surface area contributed by atoms with Crippen molar-refractivity contribution in [1.82, 2.24) is 0 Å². The molecule has 0 aromatic carbocycles. The Kier molecular flexibility index (Phi) is 6.89. The second kappa shape index (κ2) is 6.81. The Morgan fingerprint density at radius 3 is 1.88 bits per heavy atom. The first-order valence-corrected chi connectivity index (χ1v) is 7.20. The second-order valence-corrected chi connectivity index (χ2v) is 5.99. The zero-order valence-electron chi connectivity index (χ0n) is 11.1. The molecule has 1 N–H and O–H groups in total. The molecule has 2 nitrogen and oxygen atoms in total. The van der Waals surface area contributed by atoms with Crippen LogP contribution < -0.4 is 0 Å². The fourth-order valence-corrected chi connectivity index (χ4v) is 3.44. The van der Waals surface area contributed by atoms with Crippen molar-refractivity contribution in [3.05, 3.63) is 0 Å². The monoisotopic (exact) mass is 261 g/mol. The molecule has 1 unspecified atom stereocenters. The van der Waals surface area contributed by atoms with Gasteiger partial charge in [-0.05, 0) is 0 Å². The molecule has 16 heavy (non-hydrogen) atoms. The fraction of sp³-hybridized carbons (Fsp3) is 0.923. The van der Waals surface area contributed by atoms with Crippen LogP contribution in [0.2, 0.25) is 3.72 Å². The van der Waals surface area contributed by atoms with Crippen molar-refractivity contribution in [3.8, 4) is 0 Å². The molecule has 0 aromatic heterocycles. The molecule has 93 valence electrons. The third-order valence-corrected chi connectivity index (χ3v) is 5.88. The van der Waals surface area contributed by atoms with Crippen molar-refractivity contribution in [2.24, 2.45) is 5.41 Å². The second-order valence-electron chi connectivity index (χ2n) is 4.66. The van der Waals surface area contributed by atoms with E-state index in [0.717, 1.165) is 32.1 Å². The van der Waals surface area contributed by atoms with Crippen LogP contribution in [0.1, 0.15) is 66.2 Å². The Labute approximate surface area is 112 Å². The Bertz CT molecular complexity index is 224. The number of rotatable bonds is 8. The van der Waals surface area contributed by atoms with E-state index in [1.54, 1.807) is 0 Å². The van der Waals surface area contributed by atoms with E-state index >= 15 is 0 Å². The van der Waals surface area contributed by atoms with Gasteiger partial charge in [-0.3, -0.25) is 0 Å². The summed E-state index contributed by atoms with van der Waals surface area (Å²) in [5.41, 5.74) is -0.0381. The fourth-order valence-electron chi connectivity index (χ4n) is 2.69. The molecule has 0 radical (unpaired) electrons. The summed E-state index contributed by atoms with van der Waals surface area (Å²) in [6, 6.07) is 0. The predicted octanol–water partition coefficient (Wildman–Crippen LogP) is 4.18. The molecule has 0 bridgehead atoms. The summed E-state index contributed by atoms with van der Waals surface area (Å²) in [4.78, 5) is 11.6. The van der Waals surface area contributed by atoms with Crippen molar-refractivity contribution < 1.29 is 30.3 Å². The standard InChI is InChI=1S/C13H25O2.Ti/c1-5-9-10-13(7-3,8-4)11(6-2)12(14)15;/h5-10H2,1-4H3,(H,14,15);. The number of unbranched alkanes of at least 4 members (excludes halogenated alkanes) is 1. The van der Waals surface area contributed by atoms with Crippen molar-refractivity contribution >= 4 is 5.97 Å². The number of hydrogen-bond donors (Lipinski definition) is 1. The quantitative estimate of drug-likeness (QED) is 0.665. The summed E-state index contributed by atoms with van der Waals surface area (Å²) in [5.74, 6) is -0.630. The van der Waals surface area contributed by atoms with Crippen LogP contribution in [0, 0.1) is 5.41 Å². The SMILES string of the molecule is CCCCC(CC)(CC)[C]([Ti])(CC)C(=O)O. The summed E-state index contributed by atoms with van der Waals surface area (Å²) in [7, 11) is 0. The first-order chi connectivity index (χ1) is 7.44. The van der Waals surface area contributed by atoms with Gasteiger partial charge in [0, 0.05) is 0 Å². The summed E-state index contributed by atoms with van der Waals surface area (Å²) in [5, 5.41) is 9.53. The van der Waals surface area contributed by atoms with E-state index in [2.05, 4.69) is 20.8 Å². The Morgan fingerprint density at radius 1 is 1.12 bits per heavy atom. The van der Waals surface area contributed by atoms with Crippen LogP contribution >= 0.6 is 0 Å². The summed E-state index contributed by atoms with van der Waals surface area (Å²) >= 11 is 1.93. The van der Waals surface area contributed by atoms with Crippen LogP contribution in [0.5, 0.6) is 0 Å². The van der Waals surface area contributed by atoms with Crippen molar-refractivity contribution in [2.45, 2.75) is 69.9 Å². The predicted molar refractivity (Wildman–Crippen MR) is 63.2 cm³/mol. The van der Waals surface area contributed by atoms with Crippen LogP contribution in [0.25, 0.3) is 0 Å². The average molecular weight is 261 g/mol.